The molecule has 0 atom stereocenters. The van der Waals surface area contributed by atoms with Gasteiger partial charge in [0.05, 0.1) is 28.5 Å². The molecule has 1 aliphatic rings. The van der Waals surface area contributed by atoms with Gasteiger partial charge in [0.1, 0.15) is 11.5 Å². The molecule has 42 heavy (non-hydrogen) atoms. The SMILES string of the molecule is CCn1c2ccccc2c2cc(-c3nc4cc5[nH]c(=O)c(CCC(=O)O)nc5cc4n3CCCN3CCCC3)ccc21. The first-order valence-corrected chi connectivity index (χ1v) is 14.9. The number of nitrogens with one attached hydrogen (secondary N) is 1. The van der Waals surface area contributed by atoms with Crippen molar-refractivity contribution in [3.05, 3.63) is 70.6 Å². The van der Waals surface area contributed by atoms with Crippen molar-refractivity contribution in [2.45, 2.75) is 52.1 Å². The Morgan fingerprint density at radius 3 is 2.52 bits per heavy atom. The predicted octanol–water partition coefficient (Wildman–Crippen LogP) is 5.57. The molecule has 2 N–H and O–H groups in total. The molecule has 7 rings (SSSR count). The number of aromatic nitrogens is 5. The van der Waals surface area contributed by atoms with Gasteiger partial charge in [-0.25, -0.2) is 9.97 Å². The molecule has 3 aromatic carbocycles. The summed E-state index contributed by atoms with van der Waals surface area (Å²) in [6, 6.07) is 19.0. The van der Waals surface area contributed by atoms with Crippen molar-refractivity contribution in [3.63, 3.8) is 0 Å². The largest absolute Gasteiger partial charge is 0.481 e. The van der Waals surface area contributed by atoms with Gasteiger partial charge in [0.15, 0.2) is 0 Å². The average Bonchev–Trinajstić information content (AvgIpc) is 3.71. The number of H-pyrrole nitrogens is 1. The van der Waals surface area contributed by atoms with Crippen LogP contribution in [0, 0.1) is 0 Å². The molecule has 214 valence electrons. The molecule has 9 heteroatoms. The second-order valence-corrected chi connectivity index (χ2v) is 11.2. The Morgan fingerprint density at radius 1 is 0.905 bits per heavy atom. The molecule has 0 saturated carbocycles. The number of carboxylic acids is 1. The van der Waals surface area contributed by atoms with Crippen LogP contribution in [0.2, 0.25) is 0 Å². The molecule has 1 aliphatic heterocycles. The number of rotatable bonds is 9. The Kier molecular flexibility index (Phi) is 6.74. The maximum absolute atomic E-state index is 12.7. The Bertz CT molecular complexity index is 2030. The van der Waals surface area contributed by atoms with E-state index >= 15 is 0 Å². The van der Waals surface area contributed by atoms with Gasteiger partial charge >= 0.3 is 5.97 Å². The zero-order valence-corrected chi connectivity index (χ0v) is 23.8. The van der Waals surface area contributed by atoms with Crippen LogP contribution in [-0.2, 0) is 24.3 Å². The third-order valence-corrected chi connectivity index (χ3v) is 8.61. The zero-order valence-electron chi connectivity index (χ0n) is 23.8. The fourth-order valence-electron chi connectivity index (χ4n) is 6.58. The highest BCUT2D eigenvalue weighted by Crippen LogP contribution is 2.34. The van der Waals surface area contributed by atoms with Crippen LogP contribution in [0.1, 0.15) is 38.3 Å². The number of likely N-dealkylation sites (tertiary alicyclic amines) is 1. The number of aryl methyl sites for hydroxylation is 3. The third kappa shape index (κ3) is 4.63. The van der Waals surface area contributed by atoms with Gasteiger partial charge in [0.25, 0.3) is 5.56 Å². The Morgan fingerprint density at radius 2 is 1.71 bits per heavy atom. The van der Waals surface area contributed by atoms with Crippen molar-refractivity contribution >= 4 is 49.8 Å². The Labute approximate surface area is 242 Å². The molecule has 0 unspecified atom stereocenters. The average molecular weight is 563 g/mol. The van der Waals surface area contributed by atoms with Gasteiger partial charge in [0, 0.05) is 46.9 Å². The second kappa shape index (κ2) is 10.7. The van der Waals surface area contributed by atoms with Crippen molar-refractivity contribution in [2.75, 3.05) is 19.6 Å². The number of benzene rings is 3. The van der Waals surface area contributed by atoms with Gasteiger partial charge in [0.2, 0.25) is 0 Å². The Balaban J connectivity index is 1.37. The maximum atomic E-state index is 12.7. The zero-order chi connectivity index (χ0) is 28.8. The number of fused-ring (bicyclic) bond motifs is 5. The first-order chi connectivity index (χ1) is 20.5. The van der Waals surface area contributed by atoms with E-state index in [1.165, 1.54) is 34.6 Å². The molecular weight excluding hydrogens is 528 g/mol. The lowest BCUT2D eigenvalue weighted by atomic mass is 10.1. The summed E-state index contributed by atoms with van der Waals surface area (Å²) in [7, 11) is 0. The van der Waals surface area contributed by atoms with Crippen LogP contribution in [0.25, 0.3) is 55.3 Å². The van der Waals surface area contributed by atoms with Crippen LogP contribution < -0.4 is 5.56 Å². The van der Waals surface area contributed by atoms with Gasteiger partial charge in [-0.3, -0.25) is 9.59 Å². The fourth-order valence-corrected chi connectivity index (χ4v) is 6.58. The number of aliphatic carboxylic acids is 1. The summed E-state index contributed by atoms with van der Waals surface area (Å²) in [6.07, 6.45) is 3.48. The summed E-state index contributed by atoms with van der Waals surface area (Å²) in [5, 5.41) is 11.6. The fraction of sp³-hybridized carbons (Fsp3) is 0.333. The number of carbonyl (C=O) groups is 1. The molecular formula is C33H34N6O3. The van der Waals surface area contributed by atoms with E-state index in [-0.39, 0.29) is 24.1 Å². The molecule has 0 bridgehead atoms. The highest BCUT2D eigenvalue weighted by atomic mass is 16.4. The predicted molar refractivity (Wildman–Crippen MR) is 166 cm³/mol. The van der Waals surface area contributed by atoms with Crippen LogP contribution in [0.15, 0.2) is 59.4 Å². The monoisotopic (exact) mass is 562 g/mol. The number of hydrogen-bond donors (Lipinski definition) is 2. The smallest absolute Gasteiger partial charge is 0.303 e. The van der Waals surface area contributed by atoms with E-state index in [9.17, 15) is 9.59 Å². The molecule has 4 heterocycles. The molecule has 1 fully saturated rings. The van der Waals surface area contributed by atoms with Gasteiger partial charge < -0.3 is 24.1 Å². The van der Waals surface area contributed by atoms with Gasteiger partial charge in [-0.2, -0.15) is 0 Å². The van der Waals surface area contributed by atoms with Crippen LogP contribution >= 0.6 is 0 Å². The molecule has 1 saturated heterocycles. The van der Waals surface area contributed by atoms with Crippen molar-refractivity contribution in [1.29, 1.82) is 0 Å². The van der Waals surface area contributed by atoms with Crippen molar-refractivity contribution in [2.24, 2.45) is 0 Å². The van der Waals surface area contributed by atoms with Crippen LogP contribution in [0.3, 0.4) is 0 Å². The minimum Gasteiger partial charge on any atom is -0.481 e. The molecule has 0 aliphatic carbocycles. The normalized spacial score (nSPS) is 14.2. The lowest BCUT2D eigenvalue weighted by Crippen LogP contribution is -2.21. The van der Waals surface area contributed by atoms with Crippen molar-refractivity contribution < 1.29 is 9.90 Å². The van der Waals surface area contributed by atoms with E-state index in [1.807, 2.05) is 12.1 Å². The molecule has 9 nitrogen and oxygen atoms in total. The lowest BCUT2D eigenvalue weighted by Gasteiger charge is -2.16. The minimum absolute atomic E-state index is 0.0877. The van der Waals surface area contributed by atoms with E-state index in [1.54, 1.807) is 0 Å². The lowest BCUT2D eigenvalue weighted by molar-refractivity contribution is -0.136. The number of nitrogens with zero attached hydrogens (tertiary/aromatic N) is 5. The summed E-state index contributed by atoms with van der Waals surface area (Å²) in [5.41, 5.74) is 6.36. The maximum Gasteiger partial charge on any atom is 0.303 e. The summed E-state index contributed by atoms with van der Waals surface area (Å²) < 4.78 is 4.64. The van der Waals surface area contributed by atoms with E-state index < -0.39 is 5.97 Å². The van der Waals surface area contributed by atoms with Gasteiger partial charge in [-0.1, -0.05) is 18.2 Å². The second-order valence-electron chi connectivity index (χ2n) is 11.2. The molecule has 3 aromatic heterocycles. The summed E-state index contributed by atoms with van der Waals surface area (Å²) in [6.45, 7) is 7.24. The minimum atomic E-state index is -0.952. The summed E-state index contributed by atoms with van der Waals surface area (Å²) in [5.74, 6) is -0.0584. The van der Waals surface area contributed by atoms with E-state index in [0.29, 0.717) is 11.0 Å². The van der Waals surface area contributed by atoms with Gasteiger partial charge in [-0.05, 0) is 82.2 Å². The molecule has 6 aromatic rings. The van der Waals surface area contributed by atoms with E-state index in [4.69, 9.17) is 10.1 Å². The number of aromatic amines is 1. The number of imidazole rings is 1. The van der Waals surface area contributed by atoms with Crippen LogP contribution in [-0.4, -0.2) is 59.7 Å². The molecule has 0 amide bonds. The molecule has 0 radical (unpaired) electrons. The topological polar surface area (TPSA) is 109 Å². The Hall–Kier alpha value is -4.50. The first kappa shape index (κ1) is 26.4. The summed E-state index contributed by atoms with van der Waals surface area (Å²) >= 11 is 0. The van der Waals surface area contributed by atoms with Crippen molar-refractivity contribution in [1.82, 2.24) is 29.0 Å². The van der Waals surface area contributed by atoms with E-state index in [0.717, 1.165) is 61.6 Å². The standard InChI is InChI=1S/C33H34N6O3/c1-2-38-28-9-4-3-8-22(28)23-18-21(10-12-29(23)38)32-35-27-19-25-26(34-24(33(42)36-25)11-13-31(40)41)20-30(27)39(32)17-7-16-37-14-5-6-15-37/h3-4,8-10,12,18-20H,2,5-7,11,13-17H2,1H3,(H,36,42)(H,40,41). The third-order valence-electron chi connectivity index (χ3n) is 8.61. The highest BCUT2D eigenvalue weighted by molar-refractivity contribution is 6.09. The summed E-state index contributed by atoms with van der Waals surface area (Å²) in [4.78, 5) is 38.9. The van der Waals surface area contributed by atoms with Gasteiger partial charge in [-0.15, -0.1) is 0 Å². The van der Waals surface area contributed by atoms with E-state index in [2.05, 4.69) is 73.4 Å². The van der Waals surface area contributed by atoms with Crippen molar-refractivity contribution in [3.8, 4) is 11.4 Å². The highest BCUT2D eigenvalue weighted by Gasteiger charge is 2.19. The quantitative estimate of drug-likeness (QED) is 0.238. The number of para-hydroxylation sites is 1. The molecule has 0 spiro atoms. The van der Waals surface area contributed by atoms with Crippen LogP contribution in [0.5, 0.6) is 0 Å². The first-order valence-electron chi connectivity index (χ1n) is 14.9. The number of carboxylic acid groups (broad SMARTS) is 1. The number of hydrogen-bond acceptors (Lipinski definition) is 5. The van der Waals surface area contributed by atoms with Crippen LogP contribution in [0.4, 0.5) is 0 Å².